The molecule has 0 fully saturated rings. The molecule has 0 spiro atoms. The van der Waals surface area contributed by atoms with Crippen molar-refractivity contribution in [2.24, 2.45) is 0 Å². The second-order valence-electron chi connectivity index (χ2n) is 5.48. The van der Waals surface area contributed by atoms with Gasteiger partial charge in [0, 0.05) is 22.3 Å². The third-order valence-corrected chi connectivity index (χ3v) is 3.22. The molecule has 0 aliphatic heterocycles. The summed E-state index contributed by atoms with van der Waals surface area (Å²) in [7, 11) is 0. The van der Waals surface area contributed by atoms with Crippen molar-refractivity contribution in [2.45, 2.75) is 13.8 Å². The van der Waals surface area contributed by atoms with E-state index in [9.17, 15) is 0 Å². The zero-order chi connectivity index (χ0) is 26.1. The van der Waals surface area contributed by atoms with Gasteiger partial charge in [-0.2, -0.15) is 0 Å². The van der Waals surface area contributed by atoms with Crippen molar-refractivity contribution in [3.63, 3.8) is 0 Å². The molecule has 0 radical (unpaired) electrons. The molecule has 154 valence electrons. The van der Waals surface area contributed by atoms with E-state index in [4.69, 9.17) is 12.8 Å². The fourth-order valence-electron chi connectivity index (χ4n) is 1.92. The standard InChI is InChI=1S/C36H10/c1-5-9-13-17-19-22-26-30-36-31-33(27-23-16-12-8-4)34(28-24-20-15-11-7-3)32-35(36)29-25-21-18-14-10-6-2/h2,4,31-32H,1,3H3. The van der Waals surface area contributed by atoms with Gasteiger partial charge in [0.15, 0.2) is 0 Å². The molecule has 1 aromatic carbocycles. The molecular formula is C36H10. The molecule has 0 bridgehead atoms. The Balaban J connectivity index is 3.76. The van der Waals surface area contributed by atoms with Crippen molar-refractivity contribution < 1.29 is 0 Å². The molecule has 0 heteroatoms. The summed E-state index contributed by atoms with van der Waals surface area (Å²) in [5.41, 5.74) is 2.23. The van der Waals surface area contributed by atoms with Crippen molar-refractivity contribution >= 4 is 0 Å². The van der Waals surface area contributed by atoms with Crippen LogP contribution in [0.15, 0.2) is 12.1 Å². The van der Waals surface area contributed by atoms with Gasteiger partial charge in [-0.15, -0.1) is 12.8 Å². The minimum atomic E-state index is 0.553. The molecule has 1 aromatic rings. The molecule has 0 unspecified atom stereocenters. The van der Waals surface area contributed by atoms with Gasteiger partial charge < -0.3 is 0 Å². The highest BCUT2D eigenvalue weighted by molar-refractivity contribution is 5.64. The minimum absolute atomic E-state index is 0.553. The van der Waals surface area contributed by atoms with E-state index in [1.807, 2.05) is 0 Å². The molecule has 0 heterocycles. The summed E-state index contributed by atoms with van der Waals surface area (Å²) in [5.74, 6) is 68.4. The Hall–Kier alpha value is -6.94. The maximum atomic E-state index is 5.15. The first-order chi connectivity index (χ1) is 17.8. The first-order valence-electron chi connectivity index (χ1n) is 9.73. The number of terminal acetylenes is 2. The van der Waals surface area contributed by atoms with E-state index in [2.05, 4.69) is 154 Å². The summed E-state index contributed by atoms with van der Waals surface area (Å²) in [6.07, 6.45) is 10.2. The van der Waals surface area contributed by atoms with Crippen LogP contribution in [0.3, 0.4) is 0 Å². The first-order valence-corrected chi connectivity index (χ1v) is 9.73. The summed E-state index contributed by atoms with van der Waals surface area (Å²) < 4.78 is 0. The van der Waals surface area contributed by atoms with Crippen LogP contribution in [0, 0.1) is 167 Å². The monoisotopic (exact) mass is 442 g/mol. The van der Waals surface area contributed by atoms with E-state index < -0.39 is 0 Å². The maximum absolute atomic E-state index is 5.15. The van der Waals surface area contributed by atoms with Crippen molar-refractivity contribution in [1.82, 2.24) is 0 Å². The van der Waals surface area contributed by atoms with Gasteiger partial charge in [0.05, 0.1) is 0 Å². The molecule has 0 aliphatic rings. The van der Waals surface area contributed by atoms with Crippen LogP contribution >= 0.6 is 0 Å². The lowest BCUT2D eigenvalue weighted by atomic mass is 9.98. The predicted octanol–water partition coefficient (Wildman–Crippen LogP) is 2.43. The Morgan fingerprint density at radius 2 is 0.611 bits per heavy atom. The minimum Gasteiger partial charge on any atom is -0.106 e. The highest BCUT2D eigenvalue weighted by Gasteiger charge is 2.05. The fourth-order valence-corrected chi connectivity index (χ4v) is 1.92. The van der Waals surface area contributed by atoms with E-state index in [-0.39, 0.29) is 0 Å². The topological polar surface area (TPSA) is 0 Å². The molecule has 0 aromatic heterocycles. The molecule has 0 nitrogen and oxygen atoms in total. The summed E-state index contributed by atoms with van der Waals surface area (Å²) in [6, 6.07) is 3.46. The van der Waals surface area contributed by atoms with E-state index >= 15 is 0 Å². The SMILES string of the molecule is C#CC#CC#CC#Cc1cc(C#CC#CC#CC)c(C#CC#CC#C)cc1C#CC#CC#CC#CC. The first kappa shape index (κ1) is 27.1. The van der Waals surface area contributed by atoms with Crippen molar-refractivity contribution in [3.8, 4) is 167 Å². The second-order valence-corrected chi connectivity index (χ2v) is 5.48. The van der Waals surface area contributed by atoms with Gasteiger partial charge in [-0.1, -0.05) is 35.5 Å². The second kappa shape index (κ2) is 18.8. The molecule has 0 N–H and O–H groups in total. The summed E-state index contributed by atoms with van der Waals surface area (Å²) in [5, 5.41) is 0. The van der Waals surface area contributed by atoms with Crippen molar-refractivity contribution in [1.29, 1.82) is 0 Å². The van der Waals surface area contributed by atoms with Gasteiger partial charge in [0.25, 0.3) is 0 Å². The molecule has 36 heavy (non-hydrogen) atoms. The van der Waals surface area contributed by atoms with E-state index in [1.54, 1.807) is 26.0 Å². The zero-order valence-corrected chi connectivity index (χ0v) is 19.3. The molecule has 0 saturated carbocycles. The van der Waals surface area contributed by atoms with Crippen LogP contribution in [0.2, 0.25) is 0 Å². The number of hydrogen-bond donors (Lipinski definition) is 0. The van der Waals surface area contributed by atoms with E-state index in [1.165, 1.54) is 0 Å². The Kier molecular flexibility index (Phi) is 14.1. The lowest BCUT2D eigenvalue weighted by Crippen LogP contribution is -1.92. The van der Waals surface area contributed by atoms with Crippen molar-refractivity contribution in [2.75, 3.05) is 0 Å². The van der Waals surface area contributed by atoms with Crippen molar-refractivity contribution in [3.05, 3.63) is 34.4 Å². The molecule has 1 rings (SSSR count). The van der Waals surface area contributed by atoms with Crippen LogP contribution in [-0.2, 0) is 0 Å². The maximum Gasteiger partial charge on any atom is 0.0425 e. The van der Waals surface area contributed by atoms with Crippen LogP contribution in [0.5, 0.6) is 0 Å². The van der Waals surface area contributed by atoms with Crippen LogP contribution < -0.4 is 0 Å². The Bertz CT molecular complexity index is 1920. The van der Waals surface area contributed by atoms with Gasteiger partial charge in [0.2, 0.25) is 0 Å². The summed E-state index contributed by atoms with van der Waals surface area (Å²) >= 11 is 0. The Morgan fingerprint density at radius 1 is 0.361 bits per heavy atom. The lowest BCUT2D eigenvalue weighted by Gasteiger charge is -2.02. The average Bonchev–Trinajstić information content (AvgIpc) is 2.89. The highest BCUT2D eigenvalue weighted by Crippen LogP contribution is 2.15. The Labute approximate surface area is 214 Å². The zero-order valence-electron chi connectivity index (χ0n) is 19.3. The predicted molar refractivity (Wildman–Crippen MR) is 145 cm³/mol. The highest BCUT2D eigenvalue weighted by atomic mass is 14.1. The normalized spacial score (nSPS) is 5.56. The molecule has 0 aliphatic carbocycles. The summed E-state index contributed by atoms with van der Waals surface area (Å²) in [4.78, 5) is 0. The van der Waals surface area contributed by atoms with Crippen LogP contribution in [0.4, 0.5) is 0 Å². The number of hydrogen-bond acceptors (Lipinski definition) is 0. The van der Waals surface area contributed by atoms with Gasteiger partial charge in [0.1, 0.15) is 0 Å². The average molecular weight is 442 g/mol. The van der Waals surface area contributed by atoms with Gasteiger partial charge in [-0.05, 0) is 144 Å². The van der Waals surface area contributed by atoms with Gasteiger partial charge in [-0.25, -0.2) is 0 Å². The number of benzene rings is 1. The quantitative estimate of drug-likeness (QED) is 0.542. The third kappa shape index (κ3) is 12.0. The molecule has 0 saturated heterocycles. The smallest absolute Gasteiger partial charge is 0.0425 e. The van der Waals surface area contributed by atoms with Crippen LogP contribution in [0.25, 0.3) is 0 Å². The Morgan fingerprint density at radius 3 is 0.917 bits per heavy atom. The van der Waals surface area contributed by atoms with Crippen LogP contribution in [0.1, 0.15) is 36.1 Å². The largest absolute Gasteiger partial charge is 0.106 e. The molecule has 0 atom stereocenters. The molecular weight excluding hydrogens is 432 g/mol. The van der Waals surface area contributed by atoms with E-state index in [0.717, 1.165) is 0 Å². The lowest BCUT2D eigenvalue weighted by molar-refractivity contribution is 1.51. The van der Waals surface area contributed by atoms with E-state index in [0.29, 0.717) is 22.3 Å². The number of rotatable bonds is 0. The summed E-state index contributed by atoms with van der Waals surface area (Å²) in [6.45, 7) is 3.38. The van der Waals surface area contributed by atoms with Gasteiger partial charge in [-0.3, -0.25) is 0 Å². The van der Waals surface area contributed by atoms with Gasteiger partial charge >= 0.3 is 0 Å². The molecule has 0 amide bonds. The van der Waals surface area contributed by atoms with Crippen LogP contribution in [-0.4, -0.2) is 0 Å². The fraction of sp³-hybridized carbons (Fsp3) is 0.0556. The third-order valence-electron chi connectivity index (χ3n) is 3.22.